The van der Waals surface area contributed by atoms with Crippen LogP contribution < -0.4 is 0 Å². The zero-order valence-electron chi connectivity index (χ0n) is 9.62. The first-order valence-electron chi connectivity index (χ1n) is 5.47. The van der Waals surface area contributed by atoms with Crippen molar-refractivity contribution >= 4 is 0 Å². The Hall–Kier alpha value is -1.50. The van der Waals surface area contributed by atoms with Crippen LogP contribution in [-0.2, 0) is 6.42 Å². The van der Waals surface area contributed by atoms with E-state index >= 15 is 0 Å². The lowest BCUT2D eigenvalue weighted by Crippen LogP contribution is -2.02. The minimum Gasteiger partial charge on any atom is -0.318 e. The lowest BCUT2D eigenvalue weighted by Gasteiger charge is -2.13. The van der Waals surface area contributed by atoms with Crippen LogP contribution in [0.3, 0.4) is 0 Å². The van der Waals surface area contributed by atoms with E-state index in [1.54, 1.807) is 0 Å². The van der Waals surface area contributed by atoms with Gasteiger partial charge in [0, 0.05) is 17.1 Å². The normalized spacial score (nSPS) is 10.6. The smallest absolute Gasteiger partial charge is 0.0486 e. The highest BCUT2D eigenvalue weighted by molar-refractivity contribution is 5.44. The third kappa shape index (κ3) is 1.70. The highest BCUT2D eigenvalue weighted by atomic mass is 15.0. The number of aryl methyl sites for hydroxylation is 3. The van der Waals surface area contributed by atoms with Crippen LogP contribution in [0.5, 0.6) is 0 Å². The Balaban J connectivity index is 2.63. The molecular weight excluding hydrogens is 182 g/mol. The number of benzene rings is 1. The predicted octanol–water partition coefficient (Wildman–Crippen LogP) is 3.66. The van der Waals surface area contributed by atoms with Crippen LogP contribution in [0.25, 0.3) is 5.69 Å². The van der Waals surface area contributed by atoms with Crippen molar-refractivity contribution in [2.24, 2.45) is 0 Å². The van der Waals surface area contributed by atoms with Gasteiger partial charge in [0.2, 0.25) is 0 Å². The summed E-state index contributed by atoms with van der Waals surface area (Å²) in [5, 5.41) is 0. The molecule has 2 rings (SSSR count). The summed E-state index contributed by atoms with van der Waals surface area (Å²) in [4.78, 5) is 0. The van der Waals surface area contributed by atoms with Gasteiger partial charge >= 0.3 is 0 Å². The summed E-state index contributed by atoms with van der Waals surface area (Å²) >= 11 is 0. The van der Waals surface area contributed by atoms with E-state index in [9.17, 15) is 0 Å². The molecule has 0 aliphatic heterocycles. The molecule has 15 heavy (non-hydrogen) atoms. The van der Waals surface area contributed by atoms with E-state index in [1.165, 1.54) is 22.6 Å². The molecule has 1 heteroatoms. The lowest BCUT2D eigenvalue weighted by atomic mass is 10.1. The first kappa shape index (κ1) is 10.0. The molecule has 0 spiro atoms. The summed E-state index contributed by atoms with van der Waals surface area (Å²) in [5.41, 5.74) is 5.32. The van der Waals surface area contributed by atoms with Crippen molar-refractivity contribution in [3.63, 3.8) is 0 Å². The summed E-state index contributed by atoms with van der Waals surface area (Å²) in [5.74, 6) is 0. The van der Waals surface area contributed by atoms with E-state index in [2.05, 4.69) is 61.7 Å². The van der Waals surface area contributed by atoms with Crippen molar-refractivity contribution in [1.29, 1.82) is 0 Å². The maximum Gasteiger partial charge on any atom is 0.0486 e. The molecule has 0 atom stereocenters. The Morgan fingerprint density at radius 1 is 0.933 bits per heavy atom. The van der Waals surface area contributed by atoms with Gasteiger partial charge in [0.1, 0.15) is 0 Å². The van der Waals surface area contributed by atoms with Crippen LogP contribution in [0.2, 0.25) is 0 Å². The van der Waals surface area contributed by atoms with Crippen LogP contribution in [0.4, 0.5) is 0 Å². The maximum absolute atomic E-state index is 2.32. The molecule has 0 aliphatic carbocycles. The van der Waals surface area contributed by atoms with E-state index in [1.807, 2.05) is 0 Å². The summed E-state index contributed by atoms with van der Waals surface area (Å²) in [7, 11) is 0. The van der Waals surface area contributed by atoms with Gasteiger partial charge in [-0.3, -0.25) is 0 Å². The Morgan fingerprint density at radius 2 is 1.53 bits per heavy atom. The van der Waals surface area contributed by atoms with Gasteiger partial charge in [0.25, 0.3) is 0 Å². The topological polar surface area (TPSA) is 4.93 Å². The van der Waals surface area contributed by atoms with Gasteiger partial charge in [0.05, 0.1) is 0 Å². The Labute approximate surface area is 91.4 Å². The van der Waals surface area contributed by atoms with E-state index in [-0.39, 0.29) is 0 Å². The van der Waals surface area contributed by atoms with Gasteiger partial charge in [-0.15, -0.1) is 0 Å². The quantitative estimate of drug-likeness (QED) is 0.695. The molecule has 1 heterocycles. The first-order valence-corrected chi connectivity index (χ1v) is 5.47. The number of rotatable bonds is 2. The van der Waals surface area contributed by atoms with Crippen molar-refractivity contribution in [3.05, 3.63) is 53.3 Å². The molecule has 0 saturated heterocycles. The van der Waals surface area contributed by atoms with E-state index in [0.29, 0.717) is 0 Å². The molecule has 78 valence electrons. The number of hydrogen-bond acceptors (Lipinski definition) is 0. The SMILES string of the molecule is CCc1ccccc1-n1c(C)ccc1C. The number of aromatic nitrogens is 1. The minimum absolute atomic E-state index is 1.08. The Bertz CT molecular complexity index is 446. The zero-order valence-corrected chi connectivity index (χ0v) is 9.62. The monoisotopic (exact) mass is 199 g/mol. The third-order valence-corrected chi connectivity index (χ3v) is 2.88. The highest BCUT2D eigenvalue weighted by Crippen LogP contribution is 2.20. The van der Waals surface area contributed by atoms with Crippen LogP contribution in [-0.4, -0.2) is 4.57 Å². The van der Waals surface area contributed by atoms with Crippen LogP contribution >= 0.6 is 0 Å². The fraction of sp³-hybridized carbons (Fsp3) is 0.286. The molecule has 0 aliphatic rings. The van der Waals surface area contributed by atoms with E-state index in [4.69, 9.17) is 0 Å². The van der Waals surface area contributed by atoms with E-state index < -0.39 is 0 Å². The average Bonchev–Trinajstić information content (AvgIpc) is 2.59. The average molecular weight is 199 g/mol. The molecule has 0 unspecified atom stereocenters. The van der Waals surface area contributed by atoms with Gasteiger partial charge in [-0.05, 0) is 44.0 Å². The molecule has 1 aromatic heterocycles. The standard InChI is InChI=1S/C14H17N/c1-4-13-7-5-6-8-14(13)15-11(2)9-10-12(15)3/h5-10H,4H2,1-3H3. The summed E-state index contributed by atoms with van der Waals surface area (Å²) < 4.78 is 2.32. The first-order chi connectivity index (χ1) is 7.24. The minimum atomic E-state index is 1.08. The summed E-state index contributed by atoms with van der Waals surface area (Å²) in [6, 6.07) is 12.9. The van der Waals surface area contributed by atoms with Gasteiger partial charge < -0.3 is 4.57 Å². The predicted molar refractivity (Wildman–Crippen MR) is 64.6 cm³/mol. The molecule has 0 bridgehead atoms. The second-order valence-corrected chi connectivity index (χ2v) is 3.93. The molecule has 0 saturated carbocycles. The summed E-state index contributed by atoms with van der Waals surface area (Å²) in [6.45, 7) is 6.51. The second-order valence-electron chi connectivity index (χ2n) is 3.93. The number of hydrogen-bond donors (Lipinski definition) is 0. The summed E-state index contributed by atoms with van der Waals surface area (Å²) in [6.07, 6.45) is 1.08. The maximum atomic E-state index is 2.32. The van der Waals surface area contributed by atoms with Gasteiger partial charge in [-0.25, -0.2) is 0 Å². The molecule has 0 fully saturated rings. The lowest BCUT2D eigenvalue weighted by molar-refractivity contribution is 0.937. The van der Waals surface area contributed by atoms with E-state index in [0.717, 1.165) is 6.42 Å². The van der Waals surface area contributed by atoms with Crippen molar-refractivity contribution in [2.75, 3.05) is 0 Å². The molecular formula is C14H17N. The van der Waals surface area contributed by atoms with Gasteiger partial charge in [-0.1, -0.05) is 25.1 Å². The van der Waals surface area contributed by atoms with Crippen molar-refractivity contribution in [2.45, 2.75) is 27.2 Å². The van der Waals surface area contributed by atoms with Crippen LogP contribution in [0.1, 0.15) is 23.9 Å². The van der Waals surface area contributed by atoms with Crippen molar-refractivity contribution in [1.82, 2.24) is 4.57 Å². The Morgan fingerprint density at radius 3 is 2.13 bits per heavy atom. The molecule has 0 N–H and O–H groups in total. The van der Waals surface area contributed by atoms with Crippen molar-refractivity contribution < 1.29 is 0 Å². The molecule has 0 amide bonds. The largest absolute Gasteiger partial charge is 0.318 e. The zero-order chi connectivity index (χ0) is 10.8. The van der Waals surface area contributed by atoms with Crippen molar-refractivity contribution in [3.8, 4) is 5.69 Å². The number of nitrogens with zero attached hydrogens (tertiary/aromatic N) is 1. The molecule has 1 aromatic carbocycles. The van der Waals surface area contributed by atoms with Gasteiger partial charge in [-0.2, -0.15) is 0 Å². The van der Waals surface area contributed by atoms with Crippen LogP contribution in [0.15, 0.2) is 36.4 Å². The van der Waals surface area contributed by atoms with Gasteiger partial charge in [0.15, 0.2) is 0 Å². The fourth-order valence-corrected chi connectivity index (χ4v) is 2.08. The number of para-hydroxylation sites is 1. The molecule has 2 aromatic rings. The second kappa shape index (κ2) is 3.93. The van der Waals surface area contributed by atoms with Crippen LogP contribution in [0, 0.1) is 13.8 Å². The Kier molecular flexibility index (Phi) is 2.63. The third-order valence-electron chi connectivity index (χ3n) is 2.88. The molecule has 0 radical (unpaired) electrons. The molecule has 1 nitrogen and oxygen atoms in total. The fourth-order valence-electron chi connectivity index (χ4n) is 2.08. The highest BCUT2D eigenvalue weighted by Gasteiger charge is 2.06.